The Kier molecular flexibility index (Phi) is 6.77. The third-order valence-corrected chi connectivity index (χ3v) is 1.29. The third-order valence-electron chi connectivity index (χ3n) is 1.29. The molecular formula is C8H13BO4. The molecule has 0 amide bonds. The second-order valence-corrected chi connectivity index (χ2v) is 2.00. The molecule has 0 bridgehead atoms. The summed E-state index contributed by atoms with van der Waals surface area (Å²) in [5.41, 5.74) is 0. The first-order chi connectivity index (χ1) is 6.29. The lowest BCUT2D eigenvalue weighted by Gasteiger charge is -2.04. The smallest absolute Gasteiger partial charge is 0.432 e. The maximum atomic E-state index is 7.12. The minimum atomic E-state index is -0.750. The summed E-state index contributed by atoms with van der Waals surface area (Å²) in [5.74, 6) is 1.54. The Morgan fingerprint density at radius 3 is 1.54 bits per heavy atom. The topological polar surface area (TPSA) is 58.9 Å². The Bertz CT molecular complexity index is 206. The van der Waals surface area contributed by atoms with E-state index < -0.39 is 7.69 Å². The van der Waals surface area contributed by atoms with Crippen molar-refractivity contribution in [2.24, 2.45) is 0 Å². The molecule has 4 nitrogen and oxygen atoms in total. The molecule has 0 aromatic heterocycles. The molecule has 1 aromatic carbocycles. The molecule has 0 aliphatic rings. The van der Waals surface area contributed by atoms with Crippen molar-refractivity contribution < 1.29 is 19.5 Å². The normalized spacial score (nSPS) is 8.00. The minimum absolute atomic E-state index is 0.750. The van der Waals surface area contributed by atoms with Gasteiger partial charge in [-0.15, -0.1) is 0 Å². The van der Waals surface area contributed by atoms with E-state index >= 15 is 0 Å². The largest absolute Gasteiger partial charge is 0.493 e. The van der Waals surface area contributed by atoms with Crippen molar-refractivity contribution in [1.29, 1.82) is 0 Å². The van der Waals surface area contributed by atoms with Gasteiger partial charge in [-0.25, -0.2) is 0 Å². The summed E-state index contributed by atoms with van der Waals surface area (Å²) in [6.07, 6.45) is 0. The molecule has 0 saturated carbocycles. The van der Waals surface area contributed by atoms with Crippen LogP contribution in [0.2, 0.25) is 0 Å². The van der Waals surface area contributed by atoms with Crippen molar-refractivity contribution in [1.82, 2.24) is 0 Å². The van der Waals surface area contributed by atoms with E-state index in [4.69, 9.17) is 19.5 Å². The number of hydrogen-bond acceptors (Lipinski definition) is 4. The van der Waals surface area contributed by atoms with Crippen LogP contribution in [0.4, 0.5) is 0 Å². The van der Waals surface area contributed by atoms with Crippen LogP contribution in [0.25, 0.3) is 0 Å². The van der Waals surface area contributed by atoms with Crippen molar-refractivity contribution in [3.8, 4) is 11.5 Å². The molecule has 0 spiro atoms. The van der Waals surface area contributed by atoms with Gasteiger partial charge in [-0.3, -0.25) is 0 Å². The highest BCUT2D eigenvalue weighted by Crippen LogP contribution is 2.24. The number of ether oxygens (including phenoxy) is 2. The summed E-state index contributed by atoms with van der Waals surface area (Å²) < 4.78 is 10.0. The second-order valence-electron chi connectivity index (χ2n) is 2.00. The molecule has 1 rings (SSSR count). The van der Waals surface area contributed by atoms with E-state index in [9.17, 15) is 0 Å². The van der Waals surface area contributed by atoms with E-state index in [1.54, 1.807) is 14.2 Å². The SMILES string of the molecule is COc1ccccc1OC.OBO. The molecule has 72 valence electrons. The van der Waals surface area contributed by atoms with Gasteiger partial charge in [0.2, 0.25) is 0 Å². The van der Waals surface area contributed by atoms with Gasteiger partial charge in [0.15, 0.2) is 11.5 Å². The van der Waals surface area contributed by atoms with Crippen LogP contribution < -0.4 is 9.47 Å². The molecule has 0 heterocycles. The van der Waals surface area contributed by atoms with Gasteiger partial charge in [0.1, 0.15) is 0 Å². The van der Waals surface area contributed by atoms with Crippen LogP contribution >= 0.6 is 0 Å². The van der Waals surface area contributed by atoms with Gasteiger partial charge in [0, 0.05) is 0 Å². The summed E-state index contributed by atoms with van der Waals surface area (Å²) in [6.45, 7) is 0. The van der Waals surface area contributed by atoms with Gasteiger partial charge in [-0.05, 0) is 12.1 Å². The first-order valence-corrected chi connectivity index (χ1v) is 3.68. The quantitative estimate of drug-likeness (QED) is 0.632. The molecule has 5 heteroatoms. The van der Waals surface area contributed by atoms with Gasteiger partial charge in [0.25, 0.3) is 0 Å². The molecule has 13 heavy (non-hydrogen) atoms. The Morgan fingerprint density at radius 2 is 1.31 bits per heavy atom. The van der Waals surface area contributed by atoms with Crippen LogP contribution in [0.15, 0.2) is 24.3 Å². The fourth-order valence-corrected chi connectivity index (χ4v) is 0.787. The Hall–Kier alpha value is -1.20. The molecule has 0 saturated heterocycles. The lowest BCUT2D eigenvalue weighted by atomic mass is 10.3. The van der Waals surface area contributed by atoms with Crippen molar-refractivity contribution in [3.63, 3.8) is 0 Å². The summed E-state index contributed by atoms with van der Waals surface area (Å²) in [5, 5.41) is 14.2. The van der Waals surface area contributed by atoms with Crippen LogP contribution in [0.1, 0.15) is 0 Å². The fourth-order valence-electron chi connectivity index (χ4n) is 0.787. The zero-order valence-corrected chi connectivity index (χ0v) is 7.73. The predicted octanol–water partition coefficient (Wildman–Crippen LogP) is -0.0587. The standard InChI is InChI=1S/C8H10O2.BH3O2/c1-9-7-5-3-4-6-8(7)10-2;2-1-3/h3-6H,1-2H3;1-3H. The van der Waals surface area contributed by atoms with Gasteiger partial charge in [-0.1, -0.05) is 12.1 Å². The Labute approximate surface area is 78.0 Å². The van der Waals surface area contributed by atoms with Crippen molar-refractivity contribution >= 4 is 7.69 Å². The second kappa shape index (κ2) is 7.45. The molecule has 0 aliphatic heterocycles. The highest BCUT2D eigenvalue weighted by atomic mass is 16.5. The molecular weight excluding hydrogens is 171 g/mol. The van der Waals surface area contributed by atoms with Crippen LogP contribution in [0.3, 0.4) is 0 Å². The number of para-hydroxylation sites is 2. The molecule has 0 radical (unpaired) electrons. The summed E-state index contributed by atoms with van der Waals surface area (Å²) in [6, 6.07) is 7.53. The summed E-state index contributed by atoms with van der Waals surface area (Å²) >= 11 is 0. The highest BCUT2D eigenvalue weighted by molar-refractivity contribution is 6.13. The maximum Gasteiger partial charge on any atom is 0.432 e. The van der Waals surface area contributed by atoms with Crippen molar-refractivity contribution in [2.45, 2.75) is 0 Å². The molecule has 0 aliphatic carbocycles. The Morgan fingerprint density at radius 1 is 1.00 bits per heavy atom. The van der Waals surface area contributed by atoms with E-state index in [0.717, 1.165) is 11.5 Å². The van der Waals surface area contributed by atoms with E-state index in [0.29, 0.717) is 0 Å². The molecule has 0 unspecified atom stereocenters. The molecule has 0 fully saturated rings. The third kappa shape index (κ3) is 4.40. The minimum Gasteiger partial charge on any atom is -0.493 e. The Balaban J connectivity index is 0.000000424. The van der Waals surface area contributed by atoms with Gasteiger partial charge in [0.05, 0.1) is 14.2 Å². The first kappa shape index (κ1) is 11.8. The first-order valence-electron chi connectivity index (χ1n) is 3.68. The maximum absolute atomic E-state index is 7.12. The molecule has 2 N–H and O–H groups in total. The lowest BCUT2D eigenvalue weighted by molar-refractivity contribution is 0.355. The van der Waals surface area contributed by atoms with E-state index in [-0.39, 0.29) is 0 Å². The van der Waals surface area contributed by atoms with Crippen molar-refractivity contribution in [2.75, 3.05) is 14.2 Å². The van der Waals surface area contributed by atoms with Gasteiger partial charge >= 0.3 is 7.69 Å². The van der Waals surface area contributed by atoms with E-state index in [2.05, 4.69) is 0 Å². The summed E-state index contributed by atoms with van der Waals surface area (Å²) in [7, 11) is 2.50. The average molecular weight is 184 g/mol. The van der Waals surface area contributed by atoms with Crippen LogP contribution in [-0.2, 0) is 0 Å². The highest BCUT2D eigenvalue weighted by Gasteiger charge is 1.97. The zero-order valence-electron chi connectivity index (χ0n) is 7.73. The van der Waals surface area contributed by atoms with Gasteiger partial charge in [-0.2, -0.15) is 0 Å². The van der Waals surface area contributed by atoms with Crippen molar-refractivity contribution in [3.05, 3.63) is 24.3 Å². The predicted molar refractivity (Wildman–Crippen MR) is 51.1 cm³/mol. The number of hydrogen-bond donors (Lipinski definition) is 2. The molecule has 0 atom stereocenters. The van der Waals surface area contributed by atoms with Crippen LogP contribution in [-0.4, -0.2) is 32.0 Å². The number of methoxy groups -OCH3 is 2. The van der Waals surface area contributed by atoms with Crippen LogP contribution in [0, 0.1) is 0 Å². The van der Waals surface area contributed by atoms with Gasteiger partial charge < -0.3 is 19.5 Å². The molecule has 1 aromatic rings. The van der Waals surface area contributed by atoms with Crippen LogP contribution in [0.5, 0.6) is 11.5 Å². The zero-order chi connectivity index (χ0) is 10.1. The van der Waals surface area contributed by atoms with E-state index in [1.807, 2.05) is 24.3 Å². The average Bonchev–Trinajstić information content (AvgIpc) is 2.19. The number of benzene rings is 1. The monoisotopic (exact) mass is 184 g/mol. The van der Waals surface area contributed by atoms with E-state index in [1.165, 1.54) is 0 Å². The summed E-state index contributed by atoms with van der Waals surface area (Å²) in [4.78, 5) is 0. The lowest BCUT2D eigenvalue weighted by Crippen LogP contribution is -1.88. The fraction of sp³-hybridized carbons (Fsp3) is 0.250. The number of rotatable bonds is 2.